The molecule has 0 heterocycles. The van der Waals surface area contributed by atoms with Crippen LogP contribution < -0.4 is 19.1 Å². The molecule has 5 nitrogen and oxygen atoms in total. The van der Waals surface area contributed by atoms with Crippen molar-refractivity contribution < 1.29 is 63.2 Å². The number of anilines is 1. The van der Waals surface area contributed by atoms with Crippen molar-refractivity contribution >= 4 is 5.69 Å². The number of nitrogens with zero attached hydrogens (tertiary/aromatic N) is 1. The van der Waals surface area contributed by atoms with E-state index in [2.05, 4.69) is 9.47 Å². The Balaban J connectivity index is 1.92. The Kier molecular flexibility index (Phi) is 9.28. The lowest BCUT2D eigenvalue weighted by Gasteiger charge is -2.29. The lowest BCUT2D eigenvalue weighted by atomic mass is 10.1. The summed E-state index contributed by atoms with van der Waals surface area (Å²) in [5.41, 5.74) is -0.278. The predicted octanol–water partition coefficient (Wildman–Crippen LogP) is 7.54. The molecule has 0 fully saturated rings. The average molecular weight is 587 g/mol. The Labute approximate surface area is 220 Å². The highest BCUT2D eigenvalue weighted by molar-refractivity contribution is 5.53. The van der Waals surface area contributed by atoms with Gasteiger partial charge in [0, 0.05) is 29.9 Å². The van der Waals surface area contributed by atoms with Crippen LogP contribution in [0.4, 0.5) is 49.6 Å². The molecular formula is C25H19F10NO4. The maximum Gasteiger partial charge on any atom is 0.573 e. The summed E-state index contributed by atoms with van der Waals surface area (Å²) < 4.78 is 143. The number of hydrogen-bond donors (Lipinski definition) is 1. The standard InChI is InChI=1S/C25H19F10NO4/c26-22(27)24(31,32)40-20-10-2-1-5-15(20)13-36(14-21(37)23(28,29)30)16-6-3-7-17(11-16)38-18-8-4-9-19(12-18)39-25(33,34)35/h1-12,21-22,37H,13-14H2/t21-/m1/s1. The zero-order valence-corrected chi connectivity index (χ0v) is 19.9. The van der Waals surface area contributed by atoms with Crippen molar-refractivity contribution in [1.29, 1.82) is 0 Å². The molecule has 3 rings (SSSR count). The topological polar surface area (TPSA) is 51.2 Å². The van der Waals surface area contributed by atoms with Gasteiger partial charge in [0.1, 0.15) is 23.0 Å². The summed E-state index contributed by atoms with van der Waals surface area (Å²) in [6.07, 6.45) is -22.1. The summed E-state index contributed by atoms with van der Waals surface area (Å²) in [6.45, 7) is -1.75. The molecule has 3 aromatic carbocycles. The summed E-state index contributed by atoms with van der Waals surface area (Å²) in [4.78, 5) is 0.900. The summed E-state index contributed by atoms with van der Waals surface area (Å²) in [7, 11) is 0. The molecule has 0 saturated heterocycles. The maximum atomic E-state index is 13.6. The van der Waals surface area contributed by atoms with Crippen LogP contribution in [0.5, 0.6) is 23.0 Å². The van der Waals surface area contributed by atoms with Gasteiger partial charge >= 0.3 is 25.1 Å². The van der Waals surface area contributed by atoms with Gasteiger partial charge in [-0.05, 0) is 30.3 Å². The number of rotatable bonds is 11. The molecule has 0 aromatic heterocycles. The molecule has 1 N–H and O–H groups in total. The van der Waals surface area contributed by atoms with E-state index in [1.54, 1.807) is 0 Å². The van der Waals surface area contributed by atoms with Crippen LogP contribution in [0, 0.1) is 0 Å². The second-order valence-electron chi connectivity index (χ2n) is 8.13. The summed E-state index contributed by atoms with van der Waals surface area (Å²) in [6, 6.07) is 14.0. The number of ether oxygens (including phenoxy) is 3. The molecule has 1 atom stereocenters. The Morgan fingerprint density at radius 3 is 1.95 bits per heavy atom. The SMILES string of the molecule is O[C@H](CN(Cc1ccccc1OC(F)(F)C(F)F)c1cccc(Oc2cccc(OC(F)(F)F)c2)c1)C(F)(F)F. The lowest BCUT2D eigenvalue weighted by Crippen LogP contribution is -2.41. The van der Waals surface area contributed by atoms with E-state index in [-0.39, 0.29) is 22.7 Å². The fourth-order valence-corrected chi connectivity index (χ4v) is 3.32. The van der Waals surface area contributed by atoms with Gasteiger partial charge in [-0.3, -0.25) is 0 Å². The highest BCUT2D eigenvalue weighted by Gasteiger charge is 2.44. The third kappa shape index (κ3) is 8.83. The van der Waals surface area contributed by atoms with Gasteiger partial charge in [0.25, 0.3) is 0 Å². The van der Waals surface area contributed by atoms with Gasteiger partial charge < -0.3 is 24.2 Å². The van der Waals surface area contributed by atoms with Gasteiger partial charge in [-0.2, -0.15) is 30.7 Å². The van der Waals surface area contributed by atoms with Crippen molar-refractivity contribution in [2.75, 3.05) is 11.4 Å². The molecule has 0 aliphatic rings. The molecule has 0 unspecified atom stereocenters. The van der Waals surface area contributed by atoms with E-state index in [4.69, 9.17) is 4.74 Å². The van der Waals surface area contributed by atoms with Crippen molar-refractivity contribution in [3.63, 3.8) is 0 Å². The zero-order valence-electron chi connectivity index (χ0n) is 19.9. The van der Waals surface area contributed by atoms with E-state index in [1.807, 2.05) is 0 Å². The molecule has 218 valence electrons. The minimum Gasteiger partial charge on any atom is -0.457 e. The fraction of sp³-hybridized carbons (Fsp3) is 0.280. The second kappa shape index (κ2) is 12.1. The van der Waals surface area contributed by atoms with Crippen LogP contribution in [-0.4, -0.2) is 42.8 Å². The number of aliphatic hydroxyl groups excluding tert-OH is 1. The van der Waals surface area contributed by atoms with Gasteiger partial charge in [0.15, 0.2) is 6.10 Å². The Hall–Kier alpha value is -3.88. The van der Waals surface area contributed by atoms with Crippen molar-refractivity contribution in [2.24, 2.45) is 0 Å². The minimum atomic E-state index is -5.08. The number of halogens is 10. The number of alkyl halides is 10. The summed E-state index contributed by atoms with van der Waals surface area (Å²) >= 11 is 0. The van der Waals surface area contributed by atoms with E-state index in [0.29, 0.717) is 0 Å². The van der Waals surface area contributed by atoms with Crippen LogP contribution >= 0.6 is 0 Å². The van der Waals surface area contributed by atoms with Gasteiger partial charge in [-0.1, -0.05) is 30.3 Å². The first-order valence-electron chi connectivity index (χ1n) is 11.1. The number of aliphatic hydroxyl groups is 1. The van der Waals surface area contributed by atoms with E-state index in [9.17, 15) is 49.0 Å². The second-order valence-corrected chi connectivity index (χ2v) is 8.13. The van der Waals surface area contributed by atoms with Crippen LogP contribution in [-0.2, 0) is 6.54 Å². The molecule has 0 amide bonds. The minimum absolute atomic E-state index is 0.0566. The van der Waals surface area contributed by atoms with Crippen LogP contribution in [0.1, 0.15) is 5.56 Å². The first-order chi connectivity index (χ1) is 18.5. The fourth-order valence-electron chi connectivity index (χ4n) is 3.32. The summed E-state index contributed by atoms with van der Waals surface area (Å²) in [5, 5.41) is 9.70. The van der Waals surface area contributed by atoms with Crippen LogP contribution in [0.25, 0.3) is 0 Å². The molecule has 0 radical (unpaired) electrons. The molecular weight excluding hydrogens is 568 g/mol. The Morgan fingerprint density at radius 1 is 0.725 bits per heavy atom. The Bertz CT molecular complexity index is 1270. The molecule has 0 saturated carbocycles. The smallest absolute Gasteiger partial charge is 0.457 e. The van der Waals surface area contributed by atoms with Crippen LogP contribution in [0.15, 0.2) is 72.8 Å². The zero-order chi connectivity index (χ0) is 29.7. The van der Waals surface area contributed by atoms with E-state index in [0.717, 1.165) is 35.2 Å². The molecule has 0 aliphatic carbocycles. The molecule has 0 bridgehead atoms. The first-order valence-corrected chi connectivity index (χ1v) is 11.1. The monoisotopic (exact) mass is 587 g/mol. The van der Waals surface area contributed by atoms with Gasteiger partial charge in [-0.25, -0.2) is 0 Å². The number of hydrogen-bond acceptors (Lipinski definition) is 5. The normalized spacial score (nSPS) is 13.2. The maximum absolute atomic E-state index is 13.6. The highest BCUT2D eigenvalue weighted by atomic mass is 19.4. The molecule has 15 heteroatoms. The van der Waals surface area contributed by atoms with E-state index < -0.39 is 55.8 Å². The molecule has 0 spiro atoms. The van der Waals surface area contributed by atoms with Gasteiger partial charge in [0.05, 0.1) is 6.54 Å². The first kappa shape index (κ1) is 30.7. The van der Waals surface area contributed by atoms with Crippen LogP contribution in [0.2, 0.25) is 0 Å². The van der Waals surface area contributed by atoms with Crippen molar-refractivity contribution in [3.8, 4) is 23.0 Å². The van der Waals surface area contributed by atoms with Crippen LogP contribution in [0.3, 0.4) is 0 Å². The Morgan fingerprint density at radius 2 is 1.32 bits per heavy atom. The largest absolute Gasteiger partial charge is 0.573 e. The van der Waals surface area contributed by atoms with Crippen molar-refractivity contribution in [3.05, 3.63) is 78.4 Å². The van der Waals surface area contributed by atoms with Crippen molar-refractivity contribution in [2.45, 2.75) is 37.7 Å². The molecule has 40 heavy (non-hydrogen) atoms. The van der Waals surface area contributed by atoms with Gasteiger partial charge in [0.2, 0.25) is 0 Å². The lowest BCUT2D eigenvalue weighted by molar-refractivity contribution is -0.274. The third-order valence-electron chi connectivity index (χ3n) is 5.06. The summed E-state index contributed by atoms with van der Waals surface area (Å²) in [5.74, 6) is -1.54. The van der Waals surface area contributed by atoms with E-state index >= 15 is 0 Å². The number of para-hydroxylation sites is 1. The molecule has 0 aliphatic heterocycles. The third-order valence-corrected chi connectivity index (χ3v) is 5.06. The van der Waals surface area contributed by atoms with E-state index in [1.165, 1.54) is 42.5 Å². The average Bonchev–Trinajstić information content (AvgIpc) is 2.83. The van der Waals surface area contributed by atoms with Crippen molar-refractivity contribution in [1.82, 2.24) is 0 Å². The molecule has 3 aromatic rings. The quantitative estimate of drug-likeness (QED) is 0.235. The predicted molar refractivity (Wildman–Crippen MR) is 121 cm³/mol. The highest BCUT2D eigenvalue weighted by Crippen LogP contribution is 2.34. The number of benzene rings is 3. The van der Waals surface area contributed by atoms with Gasteiger partial charge in [-0.15, -0.1) is 13.2 Å².